The van der Waals surface area contributed by atoms with E-state index in [9.17, 15) is 4.39 Å². The monoisotopic (exact) mass is 355 g/mol. The first kappa shape index (κ1) is 14.6. The summed E-state index contributed by atoms with van der Waals surface area (Å²) in [7, 11) is 1.50. The van der Waals surface area contributed by atoms with Crippen LogP contribution in [0, 0.1) is 17.1 Å². The molecule has 0 N–H and O–H groups in total. The third-order valence-corrected chi connectivity index (χ3v) is 3.41. The Hall–Kier alpha value is -1.77. The fraction of sp³-hybridized carbons (Fsp3) is 0.0714. The van der Waals surface area contributed by atoms with E-state index < -0.39 is 5.82 Å². The predicted octanol–water partition coefficient (Wildman–Crippen LogP) is 4.91. The molecule has 0 amide bonds. The molecule has 6 heteroatoms. The number of benzene rings is 2. The van der Waals surface area contributed by atoms with Crippen LogP contribution in [-0.2, 0) is 0 Å². The highest BCUT2D eigenvalue weighted by atomic mass is 79.9. The van der Waals surface area contributed by atoms with Crippen molar-refractivity contribution in [3.05, 3.63) is 51.2 Å². The second-order valence-corrected chi connectivity index (χ2v) is 5.03. The van der Waals surface area contributed by atoms with Crippen molar-refractivity contribution >= 4 is 27.5 Å². The van der Waals surface area contributed by atoms with Gasteiger partial charge in [-0.15, -0.1) is 0 Å². The quantitative estimate of drug-likeness (QED) is 0.734. The maximum atomic E-state index is 13.5. The normalized spacial score (nSPS) is 9.95. The first-order valence-corrected chi connectivity index (χ1v) is 6.62. The van der Waals surface area contributed by atoms with Gasteiger partial charge in [0.15, 0.2) is 0 Å². The van der Waals surface area contributed by atoms with Gasteiger partial charge < -0.3 is 9.47 Å². The summed E-state index contributed by atoms with van der Waals surface area (Å²) in [6.07, 6.45) is 0. The van der Waals surface area contributed by atoms with Crippen molar-refractivity contribution in [2.24, 2.45) is 0 Å². The molecule has 0 aliphatic heterocycles. The molecule has 20 heavy (non-hydrogen) atoms. The maximum Gasteiger partial charge on any atom is 0.148 e. The van der Waals surface area contributed by atoms with E-state index in [2.05, 4.69) is 15.9 Å². The molecule has 0 unspecified atom stereocenters. The van der Waals surface area contributed by atoms with Crippen molar-refractivity contribution in [3.8, 4) is 23.3 Å². The Kier molecular flexibility index (Phi) is 4.48. The van der Waals surface area contributed by atoms with Crippen molar-refractivity contribution in [2.75, 3.05) is 7.11 Å². The van der Waals surface area contributed by atoms with Gasteiger partial charge in [-0.05, 0) is 34.1 Å². The van der Waals surface area contributed by atoms with Crippen molar-refractivity contribution in [1.29, 1.82) is 5.26 Å². The van der Waals surface area contributed by atoms with Crippen LogP contribution in [0.5, 0.6) is 17.2 Å². The molecular formula is C14H8BrClFNO2. The Morgan fingerprint density at radius 2 is 2.00 bits per heavy atom. The average molecular weight is 357 g/mol. The van der Waals surface area contributed by atoms with Crippen molar-refractivity contribution < 1.29 is 13.9 Å². The Labute approximate surface area is 128 Å². The summed E-state index contributed by atoms with van der Waals surface area (Å²) in [6, 6.07) is 9.29. The minimum atomic E-state index is -0.605. The van der Waals surface area contributed by atoms with Crippen LogP contribution in [0.15, 0.2) is 34.8 Å². The van der Waals surface area contributed by atoms with E-state index in [-0.39, 0.29) is 16.5 Å². The van der Waals surface area contributed by atoms with Crippen LogP contribution < -0.4 is 9.47 Å². The number of ether oxygens (including phenoxy) is 2. The smallest absolute Gasteiger partial charge is 0.148 e. The minimum absolute atomic E-state index is 0.0182. The number of nitriles is 1. The van der Waals surface area contributed by atoms with Gasteiger partial charge in [-0.25, -0.2) is 4.39 Å². The van der Waals surface area contributed by atoms with Gasteiger partial charge in [0.25, 0.3) is 0 Å². The molecule has 2 aromatic carbocycles. The van der Waals surface area contributed by atoms with E-state index in [1.165, 1.54) is 13.2 Å². The highest BCUT2D eigenvalue weighted by molar-refractivity contribution is 9.10. The lowest BCUT2D eigenvalue weighted by molar-refractivity contribution is 0.408. The summed E-state index contributed by atoms with van der Waals surface area (Å²) in [5, 5.41) is 9.03. The first-order valence-electron chi connectivity index (χ1n) is 5.45. The summed E-state index contributed by atoms with van der Waals surface area (Å²) in [5.41, 5.74) is 0.313. The van der Waals surface area contributed by atoms with E-state index in [1.807, 2.05) is 6.07 Å². The van der Waals surface area contributed by atoms with Crippen LogP contribution in [0.4, 0.5) is 4.39 Å². The van der Waals surface area contributed by atoms with Gasteiger partial charge in [0, 0.05) is 12.1 Å². The van der Waals surface area contributed by atoms with Gasteiger partial charge in [-0.1, -0.05) is 11.6 Å². The zero-order chi connectivity index (χ0) is 14.7. The van der Waals surface area contributed by atoms with Crippen LogP contribution in [0.25, 0.3) is 0 Å². The van der Waals surface area contributed by atoms with Crippen LogP contribution in [0.1, 0.15) is 5.56 Å². The van der Waals surface area contributed by atoms with Gasteiger partial charge in [0.05, 0.1) is 22.2 Å². The van der Waals surface area contributed by atoms with E-state index in [4.69, 9.17) is 26.3 Å². The molecule has 102 valence electrons. The zero-order valence-electron chi connectivity index (χ0n) is 10.3. The molecule has 3 nitrogen and oxygen atoms in total. The van der Waals surface area contributed by atoms with Crippen molar-refractivity contribution in [3.63, 3.8) is 0 Å². The Morgan fingerprint density at radius 1 is 1.25 bits per heavy atom. The average Bonchev–Trinajstić information content (AvgIpc) is 2.44. The molecule has 2 aromatic rings. The van der Waals surface area contributed by atoms with Crippen molar-refractivity contribution in [1.82, 2.24) is 0 Å². The molecular weight excluding hydrogens is 349 g/mol. The summed E-state index contributed by atoms with van der Waals surface area (Å²) < 4.78 is 24.6. The molecule has 0 fully saturated rings. The lowest BCUT2D eigenvalue weighted by Gasteiger charge is -2.11. The first-order chi connectivity index (χ1) is 9.55. The molecule has 0 aliphatic carbocycles. The largest absolute Gasteiger partial charge is 0.497 e. The highest BCUT2D eigenvalue weighted by Crippen LogP contribution is 2.36. The van der Waals surface area contributed by atoms with E-state index in [0.29, 0.717) is 15.8 Å². The Bertz CT molecular complexity index is 700. The van der Waals surface area contributed by atoms with Crippen molar-refractivity contribution in [2.45, 2.75) is 0 Å². The molecule has 0 bridgehead atoms. The SMILES string of the molecule is COc1ccc(C#N)c(Oc2cc(F)c(Cl)cc2Br)c1. The number of halogens is 3. The van der Waals surface area contributed by atoms with Gasteiger partial charge in [0.2, 0.25) is 0 Å². The van der Waals surface area contributed by atoms with E-state index in [0.717, 1.165) is 6.07 Å². The standard InChI is InChI=1S/C14H8BrClFNO2/c1-19-9-3-2-8(7-18)13(4-9)20-14-6-12(17)11(16)5-10(14)15/h2-6H,1H3. The van der Waals surface area contributed by atoms with Crippen LogP contribution in [0.2, 0.25) is 5.02 Å². The maximum absolute atomic E-state index is 13.5. The van der Waals surface area contributed by atoms with Crippen LogP contribution >= 0.6 is 27.5 Å². The summed E-state index contributed by atoms with van der Waals surface area (Å²) in [5.74, 6) is 0.418. The van der Waals surface area contributed by atoms with E-state index in [1.54, 1.807) is 18.2 Å². The number of hydrogen-bond acceptors (Lipinski definition) is 3. The highest BCUT2D eigenvalue weighted by Gasteiger charge is 2.12. The number of nitrogens with zero attached hydrogens (tertiary/aromatic N) is 1. The third kappa shape index (κ3) is 3.03. The fourth-order valence-corrected chi connectivity index (χ4v) is 2.23. The Morgan fingerprint density at radius 3 is 2.65 bits per heavy atom. The molecule has 2 rings (SSSR count). The number of rotatable bonds is 3. The summed E-state index contributed by atoms with van der Waals surface area (Å²) in [6.45, 7) is 0. The fourth-order valence-electron chi connectivity index (χ4n) is 1.51. The van der Waals surface area contributed by atoms with Gasteiger partial charge in [0.1, 0.15) is 29.1 Å². The molecule has 0 saturated heterocycles. The second-order valence-electron chi connectivity index (χ2n) is 3.77. The van der Waals surface area contributed by atoms with E-state index >= 15 is 0 Å². The Balaban J connectivity index is 2.44. The summed E-state index contributed by atoms with van der Waals surface area (Å²) >= 11 is 8.89. The molecule has 0 aliphatic rings. The topological polar surface area (TPSA) is 42.2 Å². The summed E-state index contributed by atoms with van der Waals surface area (Å²) in [4.78, 5) is 0. The van der Waals surface area contributed by atoms with Gasteiger partial charge >= 0.3 is 0 Å². The lowest BCUT2D eigenvalue weighted by Crippen LogP contribution is -1.92. The van der Waals surface area contributed by atoms with Gasteiger partial charge in [-0.3, -0.25) is 0 Å². The van der Waals surface area contributed by atoms with Gasteiger partial charge in [-0.2, -0.15) is 5.26 Å². The number of methoxy groups -OCH3 is 1. The molecule has 0 atom stereocenters. The molecule has 0 heterocycles. The zero-order valence-corrected chi connectivity index (χ0v) is 12.6. The molecule has 0 saturated carbocycles. The number of hydrogen-bond donors (Lipinski definition) is 0. The third-order valence-electron chi connectivity index (χ3n) is 2.50. The van der Waals surface area contributed by atoms with Crippen LogP contribution in [0.3, 0.4) is 0 Å². The minimum Gasteiger partial charge on any atom is -0.497 e. The van der Waals surface area contributed by atoms with Crippen LogP contribution in [-0.4, -0.2) is 7.11 Å². The molecule has 0 spiro atoms. The molecule has 0 aromatic heterocycles. The predicted molar refractivity (Wildman–Crippen MR) is 76.9 cm³/mol. The second kappa shape index (κ2) is 6.12. The molecule has 0 radical (unpaired) electrons. The lowest BCUT2D eigenvalue weighted by atomic mass is 10.2.